The number of rotatable bonds is 2. The average molecular weight is 188 g/mol. The molecule has 0 radical (unpaired) electrons. The Bertz CT molecular complexity index is 441. The fourth-order valence-corrected chi connectivity index (χ4v) is 1.83. The second-order valence-electron chi connectivity index (χ2n) is 4.06. The highest BCUT2D eigenvalue weighted by Gasteiger charge is 2.01. The van der Waals surface area contributed by atoms with Gasteiger partial charge in [0.2, 0.25) is 0 Å². The van der Waals surface area contributed by atoms with Crippen molar-refractivity contribution in [2.75, 3.05) is 0 Å². The molecule has 0 aliphatic rings. The molecule has 2 rings (SSSR count). The zero-order valence-electron chi connectivity index (χ0n) is 8.67. The highest BCUT2D eigenvalue weighted by atomic mass is 14.7. The van der Waals surface area contributed by atoms with E-state index in [0.717, 1.165) is 6.42 Å². The van der Waals surface area contributed by atoms with E-state index in [1.807, 2.05) is 6.92 Å². The summed E-state index contributed by atoms with van der Waals surface area (Å²) in [7, 11) is 0. The van der Waals surface area contributed by atoms with E-state index in [1.165, 1.54) is 22.2 Å². The van der Waals surface area contributed by atoms with Crippen LogP contribution in [-0.4, -0.2) is 11.0 Å². The smallest absolute Gasteiger partial charge is 0.0456 e. The maximum atomic E-state index is 5.77. The standard InChI is InChI=1S/C12H16N2/c1-8(13)5-10-3-4-12-11(7-10)6-9(2)14-12/h3-4,6-8,14H,5,13H2,1-2H3. The van der Waals surface area contributed by atoms with Crippen LogP contribution in [0.5, 0.6) is 0 Å². The van der Waals surface area contributed by atoms with E-state index in [4.69, 9.17) is 5.73 Å². The third kappa shape index (κ3) is 1.80. The Balaban J connectivity index is 2.40. The van der Waals surface area contributed by atoms with Crippen LogP contribution < -0.4 is 5.73 Å². The number of benzene rings is 1. The van der Waals surface area contributed by atoms with Crippen LogP contribution in [0.15, 0.2) is 24.3 Å². The van der Waals surface area contributed by atoms with Crippen LogP contribution in [0.3, 0.4) is 0 Å². The lowest BCUT2D eigenvalue weighted by atomic mass is 10.1. The number of aromatic amines is 1. The van der Waals surface area contributed by atoms with Crippen molar-refractivity contribution in [1.29, 1.82) is 0 Å². The van der Waals surface area contributed by atoms with E-state index >= 15 is 0 Å². The summed E-state index contributed by atoms with van der Waals surface area (Å²) in [6, 6.07) is 8.87. The summed E-state index contributed by atoms with van der Waals surface area (Å²) in [5.74, 6) is 0. The number of aromatic nitrogens is 1. The zero-order chi connectivity index (χ0) is 10.1. The van der Waals surface area contributed by atoms with Gasteiger partial charge in [-0.05, 0) is 49.4 Å². The summed E-state index contributed by atoms with van der Waals surface area (Å²) >= 11 is 0. The predicted molar refractivity (Wildman–Crippen MR) is 60.4 cm³/mol. The molecule has 0 amide bonds. The molecule has 0 saturated carbocycles. The van der Waals surface area contributed by atoms with Crippen molar-refractivity contribution in [3.63, 3.8) is 0 Å². The summed E-state index contributed by atoms with van der Waals surface area (Å²) in [5.41, 5.74) is 9.49. The second-order valence-corrected chi connectivity index (χ2v) is 4.06. The van der Waals surface area contributed by atoms with Gasteiger partial charge in [-0.15, -0.1) is 0 Å². The summed E-state index contributed by atoms with van der Waals surface area (Å²) in [5, 5.41) is 1.28. The zero-order valence-corrected chi connectivity index (χ0v) is 8.67. The minimum Gasteiger partial charge on any atom is -0.359 e. The molecular weight excluding hydrogens is 172 g/mol. The van der Waals surface area contributed by atoms with Crippen LogP contribution in [0.2, 0.25) is 0 Å². The van der Waals surface area contributed by atoms with Gasteiger partial charge in [0.1, 0.15) is 0 Å². The first-order chi connectivity index (χ1) is 6.65. The first-order valence-electron chi connectivity index (χ1n) is 4.99. The van der Waals surface area contributed by atoms with Gasteiger partial charge in [0.15, 0.2) is 0 Å². The Kier molecular flexibility index (Phi) is 2.30. The van der Waals surface area contributed by atoms with Crippen molar-refractivity contribution < 1.29 is 0 Å². The minimum absolute atomic E-state index is 0.229. The normalized spacial score (nSPS) is 13.4. The molecule has 0 fully saturated rings. The van der Waals surface area contributed by atoms with Gasteiger partial charge in [0, 0.05) is 17.3 Å². The molecule has 2 heteroatoms. The molecule has 2 aromatic rings. The van der Waals surface area contributed by atoms with E-state index in [0.29, 0.717) is 0 Å². The number of nitrogens with two attached hydrogens (primary N) is 1. The van der Waals surface area contributed by atoms with Crippen molar-refractivity contribution in [3.8, 4) is 0 Å². The molecule has 1 atom stereocenters. The summed E-state index contributed by atoms with van der Waals surface area (Å²) in [6.45, 7) is 4.11. The largest absolute Gasteiger partial charge is 0.359 e. The van der Waals surface area contributed by atoms with Gasteiger partial charge in [-0.25, -0.2) is 0 Å². The van der Waals surface area contributed by atoms with Crippen LogP contribution in [0.4, 0.5) is 0 Å². The topological polar surface area (TPSA) is 41.8 Å². The summed E-state index contributed by atoms with van der Waals surface area (Å²) in [4.78, 5) is 3.31. The van der Waals surface area contributed by atoms with E-state index in [2.05, 4.69) is 36.2 Å². The van der Waals surface area contributed by atoms with Crippen molar-refractivity contribution in [2.45, 2.75) is 26.3 Å². The van der Waals surface area contributed by atoms with Gasteiger partial charge < -0.3 is 10.7 Å². The minimum atomic E-state index is 0.229. The quantitative estimate of drug-likeness (QED) is 0.746. The molecular formula is C12H16N2. The predicted octanol–water partition coefficient (Wildman–Crippen LogP) is 2.37. The maximum absolute atomic E-state index is 5.77. The molecule has 1 heterocycles. The fourth-order valence-electron chi connectivity index (χ4n) is 1.83. The Morgan fingerprint density at radius 1 is 1.36 bits per heavy atom. The Morgan fingerprint density at radius 2 is 2.14 bits per heavy atom. The number of hydrogen-bond acceptors (Lipinski definition) is 1. The van der Waals surface area contributed by atoms with Gasteiger partial charge in [-0.2, -0.15) is 0 Å². The van der Waals surface area contributed by atoms with E-state index in [9.17, 15) is 0 Å². The lowest BCUT2D eigenvalue weighted by molar-refractivity contribution is 0.739. The lowest BCUT2D eigenvalue weighted by Crippen LogP contribution is -2.17. The first-order valence-corrected chi connectivity index (χ1v) is 4.99. The number of aryl methyl sites for hydroxylation is 1. The van der Waals surface area contributed by atoms with Gasteiger partial charge in [0.25, 0.3) is 0 Å². The van der Waals surface area contributed by atoms with Gasteiger partial charge in [-0.1, -0.05) is 6.07 Å². The van der Waals surface area contributed by atoms with Crippen LogP contribution in [0.25, 0.3) is 10.9 Å². The monoisotopic (exact) mass is 188 g/mol. The average Bonchev–Trinajstić information content (AvgIpc) is 2.42. The molecule has 14 heavy (non-hydrogen) atoms. The Morgan fingerprint density at radius 3 is 2.86 bits per heavy atom. The molecule has 74 valence electrons. The van der Waals surface area contributed by atoms with Crippen LogP contribution in [0, 0.1) is 6.92 Å². The third-order valence-electron chi connectivity index (χ3n) is 2.38. The van der Waals surface area contributed by atoms with Crippen molar-refractivity contribution in [2.24, 2.45) is 5.73 Å². The second kappa shape index (κ2) is 3.46. The molecule has 1 aromatic carbocycles. The highest BCUT2D eigenvalue weighted by molar-refractivity contribution is 5.81. The van der Waals surface area contributed by atoms with Crippen LogP contribution in [-0.2, 0) is 6.42 Å². The number of H-pyrrole nitrogens is 1. The number of nitrogens with one attached hydrogen (secondary N) is 1. The molecule has 0 bridgehead atoms. The van der Waals surface area contributed by atoms with Crippen molar-refractivity contribution in [3.05, 3.63) is 35.5 Å². The van der Waals surface area contributed by atoms with E-state index in [-0.39, 0.29) is 6.04 Å². The molecule has 0 spiro atoms. The van der Waals surface area contributed by atoms with Gasteiger partial charge in [0.05, 0.1) is 0 Å². The molecule has 1 unspecified atom stereocenters. The maximum Gasteiger partial charge on any atom is 0.0456 e. The Hall–Kier alpha value is -1.28. The van der Waals surface area contributed by atoms with Gasteiger partial charge in [-0.3, -0.25) is 0 Å². The summed E-state index contributed by atoms with van der Waals surface area (Å²) < 4.78 is 0. The lowest BCUT2D eigenvalue weighted by Gasteiger charge is -2.04. The SMILES string of the molecule is Cc1cc2cc(CC(C)N)ccc2[nH]1. The molecule has 0 saturated heterocycles. The fraction of sp³-hybridized carbons (Fsp3) is 0.333. The highest BCUT2D eigenvalue weighted by Crippen LogP contribution is 2.17. The van der Waals surface area contributed by atoms with Crippen molar-refractivity contribution >= 4 is 10.9 Å². The van der Waals surface area contributed by atoms with E-state index < -0.39 is 0 Å². The van der Waals surface area contributed by atoms with Gasteiger partial charge >= 0.3 is 0 Å². The third-order valence-corrected chi connectivity index (χ3v) is 2.38. The van der Waals surface area contributed by atoms with Crippen molar-refractivity contribution in [1.82, 2.24) is 4.98 Å². The first kappa shape index (κ1) is 9.28. The Labute approximate surface area is 84.1 Å². The summed E-state index contributed by atoms with van der Waals surface area (Å²) in [6.07, 6.45) is 0.945. The van der Waals surface area contributed by atoms with Crippen LogP contribution in [0.1, 0.15) is 18.2 Å². The number of fused-ring (bicyclic) bond motifs is 1. The molecule has 1 aromatic heterocycles. The molecule has 2 nitrogen and oxygen atoms in total. The molecule has 0 aliphatic carbocycles. The van der Waals surface area contributed by atoms with E-state index in [1.54, 1.807) is 0 Å². The molecule has 0 aliphatic heterocycles. The van der Waals surface area contributed by atoms with Crippen LogP contribution >= 0.6 is 0 Å². The molecule has 3 N–H and O–H groups in total. The number of hydrogen-bond donors (Lipinski definition) is 2.